The number of anilines is 1. The van der Waals surface area contributed by atoms with E-state index in [0.29, 0.717) is 18.7 Å². The van der Waals surface area contributed by atoms with Crippen LogP contribution in [0.2, 0.25) is 0 Å². The van der Waals surface area contributed by atoms with E-state index in [4.69, 9.17) is 4.74 Å². The van der Waals surface area contributed by atoms with Crippen LogP contribution in [0.15, 0.2) is 24.3 Å². The summed E-state index contributed by atoms with van der Waals surface area (Å²) in [6, 6.07) is 9.79. The fourth-order valence-corrected chi connectivity index (χ4v) is 4.11. The Morgan fingerprint density at radius 2 is 1.93 bits per heavy atom. The minimum Gasteiger partial charge on any atom is -0.379 e. The van der Waals surface area contributed by atoms with Gasteiger partial charge in [-0.05, 0) is 24.5 Å². The van der Waals surface area contributed by atoms with Crippen LogP contribution in [0.5, 0.6) is 0 Å². The second kappa shape index (κ2) is 8.39. The Bertz CT molecular complexity index is 706. The molecule has 0 aliphatic carbocycles. The number of carbonyl (C=O) groups is 1. The van der Waals surface area contributed by atoms with Crippen LogP contribution < -0.4 is 4.90 Å². The predicted octanol–water partition coefficient (Wildman–Crippen LogP) is 1.95. The van der Waals surface area contributed by atoms with E-state index < -0.39 is 0 Å². The third-order valence-electron chi connectivity index (χ3n) is 5.41. The maximum atomic E-state index is 12.8. The van der Waals surface area contributed by atoms with Gasteiger partial charge in [-0.3, -0.25) is 14.6 Å². The molecule has 2 heterocycles. The number of morpholine rings is 1. The topological polar surface area (TPSA) is 59.8 Å². The largest absolute Gasteiger partial charge is 0.379 e. The fraction of sp³-hybridized carbons (Fsp3) is 0.619. The van der Waals surface area contributed by atoms with Gasteiger partial charge in [-0.25, -0.2) is 0 Å². The summed E-state index contributed by atoms with van der Waals surface area (Å²) in [6.45, 7) is 13.2. The first-order valence-corrected chi connectivity index (χ1v) is 9.73. The van der Waals surface area contributed by atoms with Crippen LogP contribution in [0, 0.1) is 16.7 Å². The van der Waals surface area contributed by atoms with Crippen molar-refractivity contribution in [1.29, 1.82) is 5.26 Å². The SMILES string of the molecule is C[C@@H]1CN(c2ccccc2C#N)C(=O)CN1CC(C)(C)CN1CCOCC1. The second-order valence-electron chi connectivity index (χ2n) is 8.44. The van der Waals surface area contributed by atoms with E-state index in [1.807, 2.05) is 18.2 Å². The van der Waals surface area contributed by atoms with Crippen molar-refractivity contribution in [3.05, 3.63) is 29.8 Å². The Morgan fingerprint density at radius 1 is 1.22 bits per heavy atom. The number of hydrogen-bond donors (Lipinski definition) is 0. The minimum absolute atomic E-state index is 0.0676. The average molecular weight is 370 g/mol. The normalized spacial score (nSPS) is 22.7. The number of piperazine rings is 1. The van der Waals surface area contributed by atoms with Gasteiger partial charge in [-0.2, -0.15) is 5.26 Å². The summed E-state index contributed by atoms with van der Waals surface area (Å²) in [7, 11) is 0. The van der Waals surface area contributed by atoms with E-state index in [-0.39, 0.29) is 17.4 Å². The van der Waals surface area contributed by atoms with Crippen molar-refractivity contribution in [2.24, 2.45) is 5.41 Å². The van der Waals surface area contributed by atoms with Gasteiger partial charge >= 0.3 is 0 Å². The van der Waals surface area contributed by atoms with Crippen molar-refractivity contribution in [3.63, 3.8) is 0 Å². The average Bonchev–Trinajstić information content (AvgIpc) is 2.64. The number of hydrogen-bond acceptors (Lipinski definition) is 5. The number of ether oxygens (including phenoxy) is 1. The van der Waals surface area contributed by atoms with Crippen molar-refractivity contribution in [2.75, 3.05) is 57.4 Å². The van der Waals surface area contributed by atoms with Gasteiger partial charge in [-0.15, -0.1) is 0 Å². The van der Waals surface area contributed by atoms with E-state index in [2.05, 4.69) is 36.6 Å². The van der Waals surface area contributed by atoms with Crippen molar-refractivity contribution >= 4 is 11.6 Å². The molecule has 0 bridgehead atoms. The Labute approximate surface area is 162 Å². The first-order valence-electron chi connectivity index (χ1n) is 9.73. The summed E-state index contributed by atoms with van der Waals surface area (Å²) in [5.74, 6) is 0.0676. The summed E-state index contributed by atoms with van der Waals surface area (Å²) < 4.78 is 5.44. The molecule has 0 aromatic heterocycles. The van der Waals surface area contributed by atoms with Crippen molar-refractivity contribution in [2.45, 2.75) is 26.8 Å². The molecule has 146 valence electrons. The molecule has 0 N–H and O–H groups in total. The van der Waals surface area contributed by atoms with E-state index in [1.165, 1.54) is 0 Å². The molecular weight excluding hydrogens is 340 g/mol. The zero-order valence-electron chi connectivity index (χ0n) is 16.6. The molecule has 0 spiro atoms. The van der Waals surface area contributed by atoms with Gasteiger partial charge in [0.15, 0.2) is 0 Å². The second-order valence-corrected chi connectivity index (χ2v) is 8.44. The molecule has 27 heavy (non-hydrogen) atoms. The lowest BCUT2D eigenvalue weighted by Gasteiger charge is -2.44. The smallest absolute Gasteiger partial charge is 0.241 e. The van der Waals surface area contributed by atoms with E-state index in [0.717, 1.165) is 45.1 Å². The molecule has 2 aliphatic heterocycles. The first kappa shape index (κ1) is 19.8. The molecule has 6 heteroatoms. The minimum atomic E-state index is 0.0676. The molecule has 2 saturated heterocycles. The molecular formula is C21H30N4O2. The number of benzene rings is 1. The predicted molar refractivity (Wildman–Crippen MR) is 106 cm³/mol. The number of nitriles is 1. The zero-order valence-corrected chi connectivity index (χ0v) is 16.6. The van der Waals surface area contributed by atoms with Crippen molar-refractivity contribution < 1.29 is 9.53 Å². The molecule has 0 unspecified atom stereocenters. The third kappa shape index (κ3) is 4.86. The summed E-state index contributed by atoms with van der Waals surface area (Å²) in [5.41, 5.74) is 1.38. The number of carbonyl (C=O) groups excluding carboxylic acids is 1. The molecule has 0 radical (unpaired) electrons. The lowest BCUT2D eigenvalue weighted by molar-refractivity contribution is -0.123. The van der Waals surface area contributed by atoms with Gasteiger partial charge in [0.2, 0.25) is 5.91 Å². The number of rotatable bonds is 5. The summed E-state index contributed by atoms with van der Waals surface area (Å²) >= 11 is 0. The Balaban J connectivity index is 1.64. The zero-order chi connectivity index (χ0) is 19.4. The highest BCUT2D eigenvalue weighted by Crippen LogP contribution is 2.27. The van der Waals surface area contributed by atoms with Crippen LogP contribution in [0.25, 0.3) is 0 Å². The maximum absolute atomic E-state index is 12.8. The monoisotopic (exact) mass is 370 g/mol. The highest BCUT2D eigenvalue weighted by atomic mass is 16.5. The first-order chi connectivity index (χ1) is 12.9. The molecule has 3 rings (SSSR count). The van der Waals surface area contributed by atoms with Gasteiger partial charge in [-0.1, -0.05) is 26.0 Å². The van der Waals surface area contributed by atoms with Gasteiger partial charge in [0.25, 0.3) is 0 Å². The molecule has 1 atom stereocenters. The van der Waals surface area contributed by atoms with Crippen LogP contribution in [0.1, 0.15) is 26.3 Å². The van der Waals surface area contributed by atoms with Crippen LogP contribution >= 0.6 is 0 Å². The molecule has 0 saturated carbocycles. The van der Waals surface area contributed by atoms with Gasteiger partial charge < -0.3 is 9.64 Å². The van der Waals surface area contributed by atoms with Crippen LogP contribution in [-0.2, 0) is 9.53 Å². The van der Waals surface area contributed by atoms with E-state index in [9.17, 15) is 10.1 Å². The molecule has 1 aromatic carbocycles. The highest BCUT2D eigenvalue weighted by molar-refractivity contribution is 5.96. The van der Waals surface area contributed by atoms with Crippen LogP contribution in [0.3, 0.4) is 0 Å². The third-order valence-corrected chi connectivity index (χ3v) is 5.41. The van der Waals surface area contributed by atoms with E-state index in [1.54, 1.807) is 11.0 Å². The lowest BCUT2D eigenvalue weighted by Crippen LogP contribution is -2.58. The molecule has 6 nitrogen and oxygen atoms in total. The molecule has 1 aromatic rings. The highest BCUT2D eigenvalue weighted by Gasteiger charge is 2.35. The summed E-state index contributed by atoms with van der Waals surface area (Å²) in [4.78, 5) is 19.4. The van der Waals surface area contributed by atoms with Crippen molar-refractivity contribution in [3.8, 4) is 6.07 Å². The van der Waals surface area contributed by atoms with Crippen LogP contribution in [0.4, 0.5) is 5.69 Å². The summed E-state index contributed by atoms with van der Waals surface area (Å²) in [6.07, 6.45) is 0. The molecule has 1 amide bonds. The lowest BCUT2D eigenvalue weighted by atomic mass is 9.90. The van der Waals surface area contributed by atoms with Gasteiger partial charge in [0.05, 0.1) is 31.0 Å². The maximum Gasteiger partial charge on any atom is 0.241 e. The van der Waals surface area contributed by atoms with E-state index >= 15 is 0 Å². The Kier molecular flexibility index (Phi) is 6.15. The molecule has 2 aliphatic rings. The standard InChI is InChI=1S/C21H30N4O2/c1-17-13-25(19-7-5-4-6-18(19)12-22)20(26)14-24(17)16-21(2,3)15-23-8-10-27-11-9-23/h4-7,17H,8-11,13-16H2,1-3H3/t17-/m1/s1. The van der Waals surface area contributed by atoms with Gasteiger partial charge in [0.1, 0.15) is 6.07 Å². The molecule has 2 fully saturated rings. The van der Waals surface area contributed by atoms with Crippen molar-refractivity contribution in [1.82, 2.24) is 9.80 Å². The number of amides is 1. The van der Waals surface area contributed by atoms with Crippen LogP contribution in [-0.4, -0.2) is 74.2 Å². The quantitative estimate of drug-likeness (QED) is 0.793. The Hall–Kier alpha value is -1.94. The fourth-order valence-electron chi connectivity index (χ4n) is 4.11. The summed E-state index contributed by atoms with van der Waals surface area (Å²) in [5, 5.41) is 9.35. The Morgan fingerprint density at radius 3 is 2.63 bits per heavy atom. The number of nitrogens with zero attached hydrogens (tertiary/aromatic N) is 4. The number of para-hydroxylation sites is 1. The van der Waals surface area contributed by atoms with Gasteiger partial charge in [0, 0.05) is 38.8 Å².